The van der Waals surface area contributed by atoms with Crippen LogP contribution < -0.4 is 0 Å². The lowest BCUT2D eigenvalue weighted by molar-refractivity contribution is -0.0885. The number of hydrogen-bond donors (Lipinski definition) is 0. The molecule has 0 saturated carbocycles. The first kappa shape index (κ1) is 13.7. The number of aromatic nitrogens is 2. The normalized spacial score (nSPS) is 11.8. The van der Waals surface area contributed by atoms with Gasteiger partial charge in [-0.3, -0.25) is 9.48 Å². The van der Waals surface area contributed by atoms with Crippen LogP contribution in [-0.4, -0.2) is 21.7 Å². The molecule has 1 rings (SSSR count). The number of carbonyl (C=O) groups excluding carboxylic acids is 1. The van der Waals surface area contributed by atoms with Crippen molar-refractivity contribution < 1.29 is 18.0 Å². The maximum Gasteiger partial charge on any atom is 0.454 e. The number of unbranched alkanes of at least 4 members (excludes halogenated alkanes) is 3. The number of ketones is 1. The van der Waals surface area contributed by atoms with Crippen molar-refractivity contribution in [2.45, 2.75) is 45.3 Å². The molecule has 0 amide bonds. The van der Waals surface area contributed by atoms with Gasteiger partial charge in [-0.1, -0.05) is 26.2 Å². The summed E-state index contributed by atoms with van der Waals surface area (Å²) in [6, 6.07) is 0. The van der Waals surface area contributed by atoms with E-state index in [1.807, 2.05) is 0 Å². The van der Waals surface area contributed by atoms with Crippen LogP contribution in [0.15, 0.2) is 12.4 Å². The smallest absolute Gasteiger partial charge is 0.284 e. The van der Waals surface area contributed by atoms with E-state index in [0.717, 1.165) is 38.1 Å². The quantitative estimate of drug-likeness (QED) is 0.572. The van der Waals surface area contributed by atoms with Crippen LogP contribution in [0.4, 0.5) is 13.2 Å². The molecule has 0 unspecified atom stereocenters. The van der Waals surface area contributed by atoms with Gasteiger partial charge in [-0.05, 0) is 6.42 Å². The van der Waals surface area contributed by atoms with Gasteiger partial charge in [-0.2, -0.15) is 18.3 Å². The Labute approximate surface area is 97.6 Å². The zero-order valence-corrected chi connectivity index (χ0v) is 9.63. The standard InChI is InChI=1S/C11H15F3N2O/c1-2-3-4-5-6-16-8-9(7-15-16)10(17)11(12,13)14/h7-8H,2-6H2,1H3. The number of Topliss-reactive ketones (excluding diaryl/α,β-unsaturated/α-hetero) is 1. The van der Waals surface area contributed by atoms with Gasteiger partial charge in [0.05, 0.1) is 11.8 Å². The molecular formula is C11H15F3N2O. The van der Waals surface area contributed by atoms with Gasteiger partial charge in [-0.15, -0.1) is 0 Å². The molecule has 17 heavy (non-hydrogen) atoms. The highest BCUT2D eigenvalue weighted by molar-refractivity contribution is 5.99. The molecule has 1 aromatic rings. The van der Waals surface area contributed by atoms with E-state index < -0.39 is 17.5 Å². The average molecular weight is 248 g/mol. The topological polar surface area (TPSA) is 34.9 Å². The summed E-state index contributed by atoms with van der Waals surface area (Å²) in [5.74, 6) is -1.84. The molecular weight excluding hydrogens is 233 g/mol. The lowest BCUT2D eigenvalue weighted by Crippen LogP contribution is -2.22. The third-order valence-electron chi connectivity index (χ3n) is 2.39. The van der Waals surface area contributed by atoms with Crippen molar-refractivity contribution in [2.24, 2.45) is 0 Å². The lowest BCUT2D eigenvalue weighted by Gasteiger charge is -2.02. The molecule has 96 valence electrons. The monoisotopic (exact) mass is 248 g/mol. The molecule has 0 aliphatic carbocycles. The SMILES string of the molecule is CCCCCCn1cc(C(=O)C(F)(F)F)cn1. The maximum absolute atomic E-state index is 12.1. The minimum atomic E-state index is -4.82. The number of rotatable bonds is 6. The average Bonchev–Trinajstić information content (AvgIpc) is 2.70. The zero-order chi connectivity index (χ0) is 12.9. The number of alkyl halides is 3. The summed E-state index contributed by atoms with van der Waals surface area (Å²) < 4.78 is 37.7. The van der Waals surface area contributed by atoms with Crippen molar-refractivity contribution in [1.82, 2.24) is 9.78 Å². The third kappa shape index (κ3) is 4.20. The van der Waals surface area contributed by atoms with Crippen LogP contribution >= 0.6 is 0 Å². The number of aryl methyl sites for hydroxylation is 1. The Balaban J connectivity index is 2.51. The predicted molar refractivity (Wildman–Crippen MR) is 56.8 cm³/mol. The van der Waals surface area contributed by atoms with E-state index in [9.17, 15) is 18.0 Å². The van der Waals surface area contributed by atoms with Crippen molar-refractivity contribution in [3.63, 3.8) is 0 Å². The Morgan fingerprint density at radius 2 is 2.06 bits per heavy atom. The largest absolute Gasteiger partial charge is 0.454 e. The third-order valence-corrected chi connectivity index (χ3v) is 2.39. The maximum atomic E-state index is 12.1. The minimum absolute atomic E-state index is 0.395. The molecule has 0 spiro atoms. The molecule has 0 radical (unpaired) electrons. The van der Waals surface area contributed by atoms with Crippen molar-refractivity contribution in [3.05, 3.63) is 18.0 Å². The van der Waals surface area contributed by atoms with Crippen LogP contribution in [0.3, 0.4) is 0 Å². The summed E-state index contributed by atoms with van der Waals surface area (Å²) in [5.41, 5.74) is -0.395. The van der Waals surface area contributed by atoms with Crippen LogP contribution in [0.2, 0.25) is 0 Å². The van der Waals surface area contributed by atoms with Crippen LogP contribution in [0, 0.1) is 0 Å². The van der Waals surface area contributed by atoms with Gasteiger partial charge in [-0.25, -0.2) is 0 Å². The molecule has 3 nitrogen and oxygen atoms in total. The Hall–Kier alpha value is -1.33. The fourth-order valence-electron chi connectivity index (χ4n) is 1.47. The summed E-state index contributed by atoms with van der Waals surface area (Å²) in [7, 11) is 0. The molecule has 1 heterocycles. The van der Waals surface area contributed by atoms with Crippen LogP contribution in [0.25, 0.3) is 0 Å². The number of hydrogen-bond acceptors (Lipinski definition) is 2. The van der Waals surface area contributed by atoms with Gasteiger partial charge in [0.2, 0.25) is 0 Å². The van der Waals surface area contributed by atoms with Crippen molar-refractivity contribution >= 4 is 5.78 Å². The van der Waals surface area contributed by atoms with Crippen LogP contribution in [-0.2, 0) is 6.54 Å². The summed E-state index contributed by atoms with van der Waals surface area (Å²) in [4.78, 5) is 10.9. The second-order valence-corrected chi connectivity index (χ2v) is 3.88. The first-order valence-electron chi connectivity index (χ1n) is 5.59. The van der Waals surface area contributed by atoms with Gasteiger partial charge in [0.25, 0.3) is 5.78 Å². The molecule has 1 aromatic heterocycles. The summed E-state index contributed by atoms with van der Waals surface area (Å²) in [5, 5.41) is 3.74. The van der Waals surface area contributed by atoms with E-state index in [1.165, 1.54) is 4.68 Å². The summed E-state index contributed by atoms with van der Waals surface area (Å²) in [6.07, 6.45) is 1.36. The van der Waals surface area contributed by atoms with Gasteiger partial charge < -0.3 is 0 Å². The molecule has 0 aromatic carbocycles. The summed E-state index contributed by atoms with van der Waals surface area (Å²) >= 11 is 0. The number of halogens is 3. The lowest BCUT2D eigenvalue weighted by atomic mass is 10.2. The van der Waals surface area contributed by atoms with E-state index in [1.54, 1.807) is 0 Å². The Kier molecular flexibility index (Phi) is 4.72. The second kappa shape index (κ2) is 5.84. The fraction of sp³-hybridized carbons (Fsp3) is 0.636. The first-order chi connectivity index (χ1) is 7.95. The minimum Gasteiger partial charge on any atom is -0.284 e. The predicted octanol–water partition coefficient (Wildman–Crippen LogP) is 3.21. The first-order valence-corrected chi connectivity index (χ1v) is 5.59. The van der Waals surface area contributed by atoms with E-state index in [4.69, 9.17) is 0 Å². The Bertz CT molecular complexity index is 371. The van der Waals surface area contributed by atoms with Crippen molar-refractivity contribution in [3.8, 4) is 0 Å². The van der Waals surface area contributed by atoms with E-state index in [-0.39, 0.29) is 0 Å². The molecule has 0 atom stereocenters. The molecule has 0 bridgehead atoms. The molecule has 0 saturated heterocycles. The Morgan fingerprint density at radius 1 is 1.35 bits per heavy atom. The van der Waals surface area contributed by atoms with Gasteiger partial charge in [0, 0.05) is 12.7 Å². The molecule has 0 aliphatic heterocycles. The zero-order valence-electron chi connectivity index (χ0n) is 9.63. The highest BCUT2D eigenvalue weighted by Gasteiger charge is 2.39. The molecule has 0 fully saturated rings. The van der Waals surface area contributed by atoms with E-state index in [2.05, 4.69) is 12.0 Å². The van der Waals surface area contributed by atoms with Gasteiger partial charge in [0.15, 0.2) is 0 Å². The number of nitrogens with zero attached hydrogens (tertiary/aromatic N) is 2. The molecule has 0 N–H and O–H groups in total. The highest BCUT2D eigenvalue weighted by Crippen LogP contribution is 2.20. The van der Waals surface area contributed by atoms with Gasteiger partial charge in [0.1, 0.15) is 0 Å². The van der Waals surface area contributed by atoms with Crippen molar-refractivity contribution in [1.29, 1.82) is 0 Å². The van der Waals surface area contributed by atoms with Gasteiger partial charge >= 0.3 is 6.18 Å². The van der Waals surface area contributed by atoms with Crippen LogP contribution in [0.1, 0.15) is 43.0 Å². The fourth-order valence-corrected chi connectivity index (χ4v) is 1.47. The van der Waals surface area contributed by atoms with Crippen LogP contribution in [0.5, 0.6) is 0 Å². The molecule has 0 aliphatic rings. The highest BCUT2D eigenvalue weighted by atomic mass is 19.4. The van der Waals surface area contributed by atoms with E-state index >= 15 is 0 Å². The second-order valence-electron chi connectivity index (χ2n) is 3.88. The Morgan fingerprint density at radius 3 is 2.65 bits per heavy atom. The summed E-state index contributed by atoms with van der Waals surface area (Å²) in [6.45, 7) is 2.62. The number of carbonyl (C=O) groups is 1. The van der Waals surface area contributed by atoms with E-state index in [0.29, 0.717) is 6.54 Å². The van der Waals surface area contributed by atoms with Crippen molar-refractivity contribution in [2.75, 3.05) is 0 Å². The molecule has 6 heteroatoms.